The van der Waals surface area contributed by atoms with E-state index in [2.05, 4.69) is 12.2 Å². The van der Waals surface area contributed by atoms with Crippen LogP contribution in [0.4, 0.5) is 0 Å². The average molecular weight is 242 g/mol. The van der Waals surface area contributed by atoms with Crippen LogP contribution in [0.1, 0.15) is 45.4 Å². The monoisotopic (exact) mass is 242 g/mol. The summed E-state index contributed by atoms with van der Waals surface area (Å²) >= 11 is 0. The van der Waals surface area contributed by atoms with Crippen molar-refractivity contribution < 1.29 is 9.90 Å². The van der Waals surface area contributed by atoms with Crippen molar-refractivity contribution in [2.45, 2.75) is 51.5 Å². The predicted molar refractivity (Wildman–Crippen MR) is 68.8 cm³/mol. The minimum atomic E-state index is 0.184. The summed E-state index contributed by atoms with van der Waals surface area (Å²) in [5.74, 6) is 0.211. The van der Waals surface area contributed by atoms with Gasteiger partial charge in [-0.25, -0.2) is 0 Å². The van der Waals surface area contributed by atoms with E-state index in [9.17, 15) is 4.79 Å². The van der Waals surface area contributed by atoms with Gasteiger partial charge in [-0.3, -0.25) is 4.79 Å². The van der Waals surface area contributed by atoms with Crippen molar-refractivity contribution >= 4 is 5.91 Å². The molecule has 17 heavy (non-hydrogen) atoms. The molecule has 1 unspecified atom stereocenters. The summed E-state index contributed by atoms with van der Waals surface area (Å²) in [5, 5.41) is 12.1. The zero-order valence-electron chi connectivity index (χ0n) is 11.0. The minimum absolute atomic E-state index is 0.184. The summed E-state index contributed by atoms with van der Waals surface area (Å²) < 4.78 is 0. The van der Waals surface area contributed by atoms with Gasteiger partial charge < -0.3 is 15.3 Å². The Hall–Kier alpha value is -0.610. The SMILES string of the molecule is CCC(CCO)NCC(=O)N1CCCCCC1. The fourth-order valence-electron chi connectivity index (χ4n) is 2.27. The number of aliphatic hydroxyl groups excluding tert-OH is 1. The van der Waals surface area contributed by atoms with E-state index < -0.39 is 0 Å². The third-order valence-corrected chi connectivity index (χ3v) is 3.47. The topological polar surface area (TPSA) is 52.6 Å². The summed E-state index contributed by atoms with van der Waals surface area (Å²) in [5.41, 5.74) is 0. The van der Waals surface area contributed by atoms with Crippen LogP contribution in [0.2, 0.25) is 0 Å². The Kier molecular flexibility index (Phi) is 7.21. The maximum atomic E-state index is 12.0. The zero-order valence-corrected chi connectivity index (χ0v) is 11.0. The van der Waals surface area contributed by atoms with Crippen molar-refractivity contribution in [2.75, 3.05) is 26.2 Å². The third kappa shape index (κ3) is 5.50. The van der Waals surface area contributed by atoms with E-state index in [1.54, 1.807) is 0 Å². The molecule has 0 saturated carbocycles. The van der Waals surface area contributed by atoms with E-state index >= 15 is 0 Å². The van der Waals surface area contributed by atoms with Gasteiger partial charge in [-0.1, -0.05) is 19.8 Å². The summed E-state index contributed by atoms with van der Waals surface area (Å²) in [6.45, 7) is 4.50. The Morgan fingerprint density at radius 1 is 1.29 bits per heavy atom. The Bertz CT molecular complexity index is 213. The first-order chi connectivity index (χ1) is 8.27. The summed E-state index contributed by atoms with van der Waals surface area (Å²) in [7, 11) is 0. The van der Waals surface area contributed by atoms with Crippen LogP contribution in [-0.4, -0.2) is 48.2 Å². The molecule has 4 nitrogen and oxygen atoms in total. The highest BCUT2D eigenvalue weighted by molar-refractivity contribution is 5.78. The number of carbonyl (C=O) groups excluding carboxylic acids is 1. The lowest BCUT2D eigenvalue weighted by Crippen LogP contribution is -2.42. The number of nitrogens with zero attached hydrogens (tertiary/aromatic N) is 1. The van der Waals surface area contributed by atoms with Crippen LogP contribution < -0.4 is 5.32 Å². The van der Waals surface area contributed by atoms with Gasteiger partial charge in [-0.05, 0) is 25.7 Å². The highest BCUT2D eigenvalue weighted by atomic mass is 16.3. The maximum Gasteiger partial charge on any atom is 0.236 e. The van der Waals surface area contributed by atoms with Gasteiger partial charge in [0.2, 0.25) is 5.91 Å². The van der Waals surface area contributed by atoms with Gasteiger partial charge in [0.25, 0.3) is 0 Å². The second kappa shape index (κ2) is 8.48. The molecule has 0 spiro atoms. The standard InChI is InChI=1S/C13H26N2O2/c1-2-12(7-10-16)14-11-13(17)15-8-5-3-4-6-9-15/h12,14,16H,2-11H2,1H3. The second-order valence-electron chi connectivity index (χ2n) is 4.79. The van der Waals surface area contributed by atoms with Crippen LogP contribution in [0.3, 0.4) is 0 Å². The molecule has 0 aromatic carbocycles. The number of nitrogens with one attached hydrogen (secondary N) is 1. The molecule has 0 radical (unpaired) electrons. The molecule has 0 aromatic heterocycles. The van der Waals surface area contributed by atoms with E-state index in [1.807, 2.05) is 4.90 Å². The van der Waals surface area contributed by atoms with Gasteiger partial charge in [0, 0.05) is 25.7 Å². The van der Waals surface area contributed by atoms with Crippen LogP contribution in [0.25, 0.3) is 0 Å². The molecule has 0 bridgehead atoms. The first kappa shape index (κ1) is 14.5. The first-order valence-corrected chi connectivity index (χ1v) is 6.90. The van der Waals surface area contributed by atoms with Crippen molar-refractivity contribution in [3.05, 3.63) is 0 Å². The van der Waals surface area contributed by atoms with E-state index in [4.69, 9.17) is 5.11 Å². The Labute approximate surface area is 104 Å². The van der Waals surface area contributed by atoms with Crippen LogP contribution in [0, 0.1) is 0 Å². The normalized spacial score (nSPS) is 18.8. The third-order valence-electron chi connectivity index (χ3n) is 3.47. The van der Waals surface area contributed by atoms with E-state index in [0.29, 0.717) is 6.54 Å². The molecule has 1 atom stereocenters. The van der Waals surface area contributed by atoms with Crippen molar-refractivity contribution in [1.82, 2.24) is 10.2 Å². The Morgan fingerprint density at radius 2 is 1.94 bits per heavy atom. The van der Waals surface area contributed by atoms with E-state index in [1.165, 1.54) is 12.8 Å². The molecular formula is C13H26N2O2. The van der Waals surface area contributed by atoms with Crippen LogP contribution in [0.15, 0.2) is 0 Å². The molecule has 1 rings (SSSR count). The lowest BCUT2D eigenvalue weighted by molar-refractivity contribution is -0.130. The van der Waals surface area contributed by atoms with Crippen molar-refractivity contribution in [2.24, 2.45) is 0 Å². The Morgan fingerprint density at radius 3 is 2.47 bits per heavy atom. The number of hydrogen-bond acceptors (Lipinski definition) is 3. The van der Waals surface area contributed by atoms with Gasteiger partial charge in [0.05, 0.1) is 6.54 Å². The highest BCUT2D eigenvalue weighted by Gasteiger charge is 2.16. The molecule has 0 aliphatic carbocycles. The van der Waals surface area contributed by atoms with Crippen LogP contribution in [-0.2, 0) is 4.79 Å². The minimum Gasteiger partial charge on any atom is -0.396 e. The number of carbonyl (C=O) groups is 1. The largest absolute Gasteiger partial charge is 0.396 e. The fraction of sp³-hybridized carbons (Fsp3) is 0.923. The fourth-order valence-corrected chi connectivity index (χ4v) is 2.27. The molecule has 2 N–H and O–H groups in total. The number of aliphatic hydroxyl groups is 1. The number of likely N-dealkylation sites (tertiary alicyclic amines) is 1. The van der Waals surface area contributed by atoms with Gasteiger partial charge in [0.15, 0.2) is 0 Å². The predicted octanol–water partition coefficient (Wildman–Crippen LogP) is 1.14. The lowest BCUT2D eigenvalue weighted by atomic mass is 10.1. The number of hydrogen-bond donors (Lipinski definition) is 2. The molecule has 1 fully saturated rings. The smallest absolute Gasteiger partial charge is 0.236 e. The Balaban J connectivity index is 2.26. The van der Waals surface area contributed by atoms with Crippen LogP contribution in [0.5, 0.6) is 0 Å². The van der Waals surface area contributed by atoms with Gasteiger partial charge in [-0.15, -0.1) is 0 Å². The van der Waals surface area contributed by atoms with Gasteiger partial charge in [0.1, 0.15) is 0 Å². The van der Waals surface area contributed by atoms with Crippen molar-refractivity contribution in [1.29, 1.82) is 0 Å². The molecule has 4 heteroatoms. The molecule has 1 saturated heterocycles. The molecule has 1 aliphatic heterocycles. The van der Waals surface area contributed by atoms with Crippen molar-refractivity contribution in [3.8, 4) is 0 Å². The van der Waals surface area contributed by atoms with E-state index in [0.717, 1.165) is 38.8 Å². The number of rotatable bonds is 6. The zero-order chi connectivity index (χ0) is 12.5. The molecule has 1 heterocycles. The molecule has 1 amide bonds. The molecular weight excluding hydrogens is 216 g/mol. The lowest BCUT2D eigenvalue weighted by Gasteiger charge is -2.22. The first-order valence-electron chi connectivity index (χ1n) is 6.90. The highest BCUT2D eigenvalue weighted by Crippen LogP contribution is 2.09. The van der Waals surface area contributed by atoms with Crippen LogP contribution >= 0.6 is 0 Å². The molecule has 0 aromatic rings. The summed E-state index contributed by atoms with van der Waals surface area (Å²) in [6, 6.07) is 0.260. The second-order valence-corrected chi connectivity index (χ2v) is 4.79. The van der Waals surface area contributed by atoms with Crippen molar-refractivity contribution in [3.63, 3.8) is 0 Å². The van der Waals surface area contributed by atoms with Gasteiger partial charge >= 0.3 is 0 Å². The number of amides is 1. The summed E-state index contributed by atoms with van der Waals surface area (Å²) in [6.07, 6.45) is 6.45. The summed E-state index contributed by atoms with van der Waals surface area (Å²) in [4.78, 5) is 14.0. The van der Waals surface area contributed by atoms with Gasteiger partial charge in [-0.2, -0.15) is 0 Å². The average Bonchev–Trinajstić information content (AvgIpc) is 2.62. The molecule has 100 valence electrons. The molecule has 1 aliphatic rings. The van der Waals surface area contributed by atoms with E-state index in [-0.39, 0.29) is 18.6 Å². The maximum absolute atomic E-state index is 12.0. The quantitative estimate of drug-likeness (QED) is 0.734.